The van der Waals surface area contributed by atoms with E-state index >= 15 is 0 Å². The van der Waals surface area contributed by atoms with E-state index in [1.165, 1.54) is 6.92 Å². The molecule has 0 bridgehead atoms. The quantitative estimate of drug-likeness (QED) is 0.218. The number of ether oxygens (including phenoxy) is 4. The molecule has 2 rings (SSSR count). The topological polar surface area (TPSA) is 165 Å². The Labute approximate surface area is 204 Å². The number of benzene rings is 1. The maximum atomic E-state index is 12.1. The molecule has 5 atom stereocenters. The fraction of sp³-hybridized carbons (Fsp3) is 0.652. The molecule has 1 aromatic carbocycles. The molecule has 0 saturated carbocycles. The molecule has 1 fully saturated rings. The van der Waals surface area contributed by atoms with E-state index < -0.39 is 42.6 Å². The third kappa shape index (κ3) is 9.76. The second-order valence-corrected chi connectivity index (χ2v) is 8.19. The highest BCUT2D eigenvalue weighted by molar-refractivity contribution is 5.73. The van der Waals surface area contributed by atoms with Crippen molar-refractivity contribution in [2.45, 2.75) is 69.8 Å². The molecular formula is C23H35N3O9. The molecule has 1 aliphatic rings. The molecule has 0 aliphatic carbocycles. The Morgan fingerprint density at radius 1 is 1.14 bits per heavy atom. The summed E-state index contributed by atoms with van der Waals surface area (Å²) in [4.78, 5) is 33.8. The van der Waals surface area contributed by atoms with Crippen molar-refractivity contribution in [3.05, 3.63) is 34.7 Å². The number of nitroso groups, excluding NO2 is 1. The smallest absolute Gasteiger partial charge is 0.407 e. The largest absolute Gasteiger partial charge is 0.497 e. The lowest BCUT2D eigenvalue weighted by Crippen LogP contribution is -2.64. The van der Waals surface area contributed by atoms with Crippen molar-refractivity contribution in [3.63, 3.8) is 0 Å². The zero-order valence-corrected chi connectivity index (χ0v) is 20.1. The van der Waals surface area contributed by atoms with Crippen LogP contribution in [0.15, 0.2) is 29.4 Å². The normalized spacial score (nSPS) is 23.8. The third-order valence-corrected chi connectivity index (χ3v) is 5.45. The van der Waals surface area contributed by atoms with Gasteiger partial charge in [0, 0.05) is 20.1 Å². The van der Waals surface area contributed by atoms with E-state index in [1.807, 2.05) is 6.07 Å². The van der Waals surface area contributed by atoms with Crippen molar-refractivity contribution in [1.29, 1.82) is 0 Å². The molecule has 2 amide bonds. The lowest BCUT2D eigenvalue weighted by atomic mass is 9.97. The maximum absolute atomic E-state index is 12.1. The summed E-state index contributed by atoms with van der Waals surface area (Å²) in [7, 11) is 1.55. The maximum Gasteiger partial charge on any atom is 0.407 e. The number of hydrogen-bond donors (Lipinski definition) is 4. The van der Waals surface area contributed by atoms with E-state index in [-0.39, 0.29) is 26.3 Å². The highest BCUT2D eigenvalue weighted by Crippen LogP contribution is 2.23. The number of hydrogen-bond acceptors (Lipinski definition) is 10. The van der Waals surface area contributed by atoms with E-state index in [9.17, 15) is 24.7 Å². The molecule has 12 nitrogen and oxygen atoms in total. The second-order valence-electron chi connectivity index (χ2n) is 8.19. The Bertz CT molecular complexity index is 810. The number of rotatable bonds is 14. The SMILES string of the molecule is COc1cccc(CNC(=O)OCC2OC(OCCCCCCN=O)C(NC(C)=O)C(O)C2O)c1. The second kappa shape index (κ2) is 15.2. The Hall–Kier alpha value is -2.80. The first-order chi connectivity index (χ1) is 16.8. The Morgan fingerprint density at radius 2 is 1.91 bits per heavy atom. The summed E-state index contributed by atoms with van der Waals surface area (Å²) in [6.45, 7) is 1.68. The number of aliphatic hydroxyl groups is 2. The fourth-order valence-corrected chi connectivity index (χ4v) is 3.60. The number of alkyl carbamates (subject to hydrolysis) is 1. The fourth-order valence-electron chi connectivity index (χ4n) is 3.60. The number of amides is 2. The predicted octanol–water partition coefficient (Wildman–Crippen LogP) is 1.22. The van der Waals surface area contributed by atoms with Crippen LogP contribution in [0.3, 0.4) is 0 Å². The monoisotopic (exact) mass is 497 g/mol. The first-order valence-electron chi connectivity index (χ1n) is 11.6. The molecule has 5 unspecified atom stereocenters. The van der Waals surface area contributed by atoms with Crippen LogP contribution in [-0.4, -0.2) is 79.7 Å². The number of methoxy groups -OCH3 is 1. The molecule has 1 aromatic rings. The van der Waals surface area contributed by atoms with Crippen LogP contribution < -0.4 is 15.4 Å². The van der Waals surface area contributed by atoms with Crippen LogP contribution in [0.2, 0.25) is 0 Å². The number of nitrogens with zero attached hydrogens (tertiary/aromatic N) is 1. The van der Waals surface area contributed by atoms with Crippen molar-refractivity contribution in [2.24, 2.45) is 5.18 Å². The van der Waals surface area contributed by atoms with Crippen LogP contribution >= 0.6 is 0 Å². The van der Waals surface area contributed by atoms with Gasteiger partial charge in [-0.2, -0.15) is 4.91 Å². The molecule has 1 saturated heterocycles. The van der Waals surface area contributed by atoms with Gasteiger partial charge in [-0.15, -0.1) is 0 Å². The molecule has 1 aliphatic heterocycles. The van der Waals surface area contributed by atoms with Gasteiger partial charge in [0.1, 0.15) is 36.7 Å². The zero-order valence-electron chi connectivity index (χ0n) is 20.1. The van der Waals surface area contributed by atoms with Gasteiger partial charge in [0.25, 0.3) is 0 Å². The van der Waals surface area contributed by atoms with Gasteiger partial charge in [-0.3, -0.25) is 4.79 Å². The van der Waals surface area contributed by atoms with E-state index in [1.54, 1.807) is 25.3 Å². The summed E-state index contributed by atoms with van der Waals surface area (Å²) in [6, 6.07) is 6.17. The zero-order chi connectivity index (χ0) is 25.6. The van der Waals surface area contributed by atoms with Crippen LogP contribution in [0.25, 0.3) is 0 Å². The van der Waals surface area contributed by atoms with Gasteiger partial charge < -0.3 is 39.8 Å². The summed E-state index contributed by atoms with van der Waals surface area (Å²) >= 11 is 0. The van der Waals surface area contributed by atoms with Crippen molar-refractivity contribution >= 4 is 12.0 Å². The number of nitrogens with one attached hydrogen (secondary N) is 2. The summed E-state index contributed by atoms with van der Waals surface area (Å²) in [5, 5.41) is 29.0. The number of unbranched alkanes of at least 4 members (excludes halogenated alkanes) is 3. The van der Waals surface area contributed by atoms with Crippen molar-refractivity contribution < 1.29 is 38.7 Å². The van der Waals surface area contributed by atoms with Crippen LogP contribution in [-0.2, 0) is 25.5 Å². The molecule has 0 spiro atoms. The number of carbonyl (C=O) groups is 2. The van der Waals surface area contributed by atoms with Gasteiger partial charge in [0.2, 0.25) is 5.91 Å². The summed E-state index contributed by atoms with van der Waals surface area (Å²) in [5.74, 6) is 0.231. The van der Waals surface area contributed by atoms with Gasteiger partial charge in [0.05, 0.1) is 13.7 Å². The van der Waals surface area contributed by atoms with E-state index in [0.29, 0.717) is 18.6 Å². The van der Waals surface area contributed by atoms with Gasteiger partial charge in [-0.25, -0.2) is 4.79 Å². The summed E-state index contributed by atoms with van der Waals surface area (Å²) < 4.78 is 21.8. The van der Waals surface area contributed by atoms with Crippen LogP contribution in [0.5, 0.6) is 5.75 Å². The highest BCUT2D eigenvalue weighted by atomic mass is 16.7. The van der Waals surface area contributed by atoms with E-state index in [2.05, 4.69) is 15.8 Å². The third-order valence-electron chi connectivity index (χ3n) is 5.45. The van der Waals surface area contributed by atoms with Crippen LogP contribution in [0.4, 0.5) is 4.79 Å². The summed E-state index contributed by atoms with van der Waals surface area (Å²) in [6.07, 6.45) is -2.69. The van der Waals surface area contributed by atoms with E-state index in [0.717, 1.165) is 18.4 Å². The van der Waals surface area contributed by atoms with E-state index in [4.69, 9.17) is 18.9 Å². The molecule has 0 radical (unpaired) electrons. The van der Waals surface area contributed by atoms with Gasteiger partial charge in [-0.05, 0) is 30.5 Å². The Morgan fingerprint density at radius 3 is 2.63 bits per heavy atom. The van der Waals surface area contributed by atoms with Gasteiger partial charge in [-0.1, -0.05) is 30.2 Å². The first kappa shape index (κ1) is 28.4. The molecule has 12 heteroatoms. The van der Waals surface area contributed by atoms with Gasteiger partial charge in [0.15, 0.2) is 6.29 Å². The molecular weight excluding hydrogens is 462 g/mol. The highest BCUT2D eigenvalue weighted by Gasteiger charge is 2.46. The lowest BCUT2D eigenvalue weighted by Gasteiger charge is -2.42. The average molecular weight is 498 g/mol. The van der Waals surface area contributed by atoms with Crippen molar-refractivity contribution in [3.8, 4) is 5.75 Å². The van der Waals surface area contributed by atoms with Crippen molar-refractivity contribution in [1.82, 2.24) is 10.6 Å². The summed E-state index contributed by atoms with van der Waals surface area (Å²) in [5.41, 5.74) is 0.805. The molecule has 4 N–H and O–H groups in total. The minimum absolute atomic E-state index is 0.200. The predicted molar refractivity (Wildman–Crippen MR) is 125 cm³/mol. The molecule has 0 aromatic heterocycles. The Kier molecular flexibility index (Phi) is 12.4. The number of aliphatic hydroxyl groups excluding tert-OH is 2. The number of carbonyl (C=O) groups excluding carboxylic acids is 2. The standard InChI is InChI=1S/C23H35N3O9/c1-15(27)26-19-21(29)20(28)18(35-22(19)33-11-6-4-3-5-10-25-31)14-34-23(30)24-13-16-8-7-9-17(12-16)32-2/h7-9,12,18-22,28-29H,3-6,10-11,13-14H2,1-2H3,(H,24,30)(H,26,27). The average Bonchev–Trinajstić information content (AvgIpc) is 2.85. The lowest BCUT2D eigenvalue weighted by molar-refractivity contribution is -0.270. The molecule has 196 valence electrons. The molecule has 1 heterocycles. The minimum atomic E-state index is -1.42. The molecule has 35 heavy (non-hydrogen) atoms. The first-order valence-corrected chi connectivity index (χ1v) is 11.6. The Balaban J connectivity index is 1.86. The minimum Gasteiger partial charge on any atom is -0.497 e. The van der Waals surface area contributed by atoms with Crippen LogP contribution in [0, 0.1) is 4.91 Å². The van der Waals surface area contributed by atoms with Crippen LogP contribution in [0.1, 0.15) is 38.2 Å². The van der Waals surface area contributed by atoms with Gasteiger partial charge >= 0.3 is 6.09 Å². The van der Waals surface area contributed by atoms with Crippen molar-refractivity contribution in [2.75, 3.05) is 26.9 Å².